The average Bonchev–Trinajstić information content (AvgIpc) is 2.38. The Morgan fingerprint density at radius 2 is 2.00 bits per heavy atom. The number of anilines is 1. The predicted molar refractivity (Wildman–Crippen MR) is 77.3 cm³/mol. The van der Waals surface area contributed by atoms with E-state index in [-0.39, 0.29) is 11.5 Å². The van der Waals surface area contributed by atoms with Gasteiger partial charge in [0.15, 0.2) is 0 Å². The van der Waals surface area contributed by atoms with Gasteiger partial charge in [0, 0.05) is 17.1 Å². The second-order valence-electron chi connectivity index (χ2n) is 4.98. The number of aromatic carboxylic acids is 1. The number of piperidine rings is 1. The Bertz CT molecular complexity index is 513. The van der Waals surface area contributed by atoms with Crippen molar-refractivity contribution in [1.82, 2.24) is 5.32 Å². The molecule has 0 aromatic heterocycles. The number of hydrogen-bond acceptors (Lipinski definition) is 3. The predicted octanol–water partition coefficient (Wildman–Crippen LogP) is 2.37. The van der Waals surface area contributed by atoms with Crippen LogP contribution in [0.4, 0.5) is 5.69 Å². The highest BCUT2D eigenvalue weighted by Crippen LogP contribution is 2.21. The fourth-order valence-electron chi connectivity index (χ4n) is 2.35. The summed E-state index contributed by atoms with van der Waals surface area (Å²) in [6.07, 6.45) is 2.43. The third-order valence-corrected chi connectivity index (χ3v) is 3.58. The minimum absolute atomic E-state index is 0.0645. The Hall–Kier alpha value is -1.59. The molecule has 1 aromatic carbocycles. The van der Waals surface area contributed by atoms with Crippen LogP contribution in [0, 0.1) is 5.92 Å². The van der Waals surface area contributed by atoms with Gasteiger partial charge in [-0.25, -0.2) is 4.79 Å². The van der Waals surface area contributed by atoms with Gasteiger partial charge in [-0.15, -0.1) is 0 Å². The molecular weight excluding hydrogens is 280 g/mol. The van der Waals surface area contributed by atoms with Crippen molar-refractivity contribution in [2.75, 3.05) is 18.4 Å². The summed E-state index contributed by atoms with van der Waals surface area (Å²) in [5.41, 5.74) is 0.489. The quantitative estimate of drug-likeness (QED) is 0.797. The molecule has 1 saturated heterocycles. The van der Waals surface area contributed by atoms with E-state index in [0.717, 1.165) is 25.9 Å². The van der Waals surface area contributed by atoms with Gasteiger partial charge >= 0.3 is 5.97 Å². The van der Waals surface area contributed by atoms with E-state index < -0.39 is 5.97 Å². The maximum atomic E-state index is 12.0. The van der Waals surface area contributed by atoms with Gasteiger partial charge in [-0.3, -0.25) is 4.79 Å². The van der Waals surface area contributed by atoms with Crippen molar-refractivity contribution in [3.63, 3.8) is 0 Å². The molecule has 0 spiro atoms. The number of nitrogens with one attached hydrogen (secondary N) is 2. The largest absolute Gasteiger partial charge is 0.478 e. The maximum absolute atomic E-state index is 12.0. The van der Waals surface area contributed by atoms with Crippen LogP contribution < -0.4 is 10.6 Å². The lowest BCUT2D eigenvalue weighted by atomic mass is 9.94. The SMILES string of the molecule is O=C(CC1CCNCC1)Nc1cc(Cl)cc(C(=O)O)c1. The van der Waals surface area contributed by atoms with Gasteiger partial charge in [0.05, 0.1) is 5.56 Å². The van der Waals surface area contributed by atoms with Crippen molar-refractivity contribution >= 4 is 29.2 Å². The fourth-order valence-corrected chi connectivity index (χ4v) is 2.58. The van der Waals surface area contributed by atoms with Crippen LogP contribution in [-0.2, 0) is 4.79 Å². The number of benzene rings is 1. The molecule has 1 aliphatic rings. The van der Waals surface area contributed by atoms with Crippen LogP contribution in [0.2, 0.25) is 5.02 Å². The van der Waals surface area contributed by atoms with Crippen molar-refractivity contribution in [2.24, 2.45) is 5.92 Å². The van der Waals surface area contributed by atoms with Crippen molar-refractivity contribution in [3.05, 3.63) is 28.8 Å². The first-order chi connectivity index (χ1) is 9.54. The second-order valence-corrected chi connectivity index (χ2v) is 5.42. The van der Waals surface area contributed by atoms with Crippen LogP contribution in [0.5, 0.6) is 0 Å². The second kappa shape index (κ2) is 6.72. The maximum Gasteiger partial charge on any atom is 0.335 e. The number of carbonyl (C=O) groups excluding carboxylic acids is 1. The van der Waals surface area contributed by atoms with E-state index in [4.69, 9.17) is 16.7 Å². The minimum Gasteiger partial charge on any atom is -0.478 e. The Morgan fingerprint density at radius 1 is 1.30 bits per heavy atom. The highest BCUT2D eigenvalue weighted by atomic mass is 35.5. The number of halogens is 1. The standard InChI is InChI=1S/C14H17ClN2O3/c15-11-6-10(14(19)20)7-12(8-11)17-13(18)5-9-1-3-16-4-2-9/h6-9,16H,1-5H2,(H,17,18)(H,19,20). The van der Waals surface area contributed by atoms with E-state index in [9.17, 15) is 9.59 Å². The summed E-state index contributed by atoms with van der Waals surface area (Å²) in [6, 6.07) is 4.31. The summed E-state index contributed by atoms with van der Waals surface area (Å²) in [7, 11) is 0. The minimum atomic E-state index is -1.07. The molecule has 0 saturated carbocycles. The number of hydrogen-bond donors (Lipinski definition) is 3. The molecule has 2 rings (SSSR count). The Balaban J connectivity index is 1.98. The highest BCUT2D eigenvalue weighted by Gasteiger charge is 2.17. The van der Waals surface area contributed by atoms with Gasteiger partial charge in [-0.05, 0) is 50.0 Å². The highest BCUT2D eigenvalue weighted by molar-refractivity contribution is 6.31. The molecule has 0 atom stereocenters. The van der Waals surface area contributed by atoms with Crippen molar-refractivity contribution in [3.8, 4) is 0 Å². The normalized spacial score (nSPS) is 15.8. The van der Waals surface area contributed by atoms with Crippen LogP contribution >= 0.6 is 11.6 Å². The van der Waals surface area contributed by atoms with Crippen LogP contribution in [0.3, 0.4) is 0 Å². The molecule has 0 radical (unpaired) electrons. The average molecular weight is 297 g/mol. The zero-order chi connectivity index (χ0) is 14.5. The molecule has 6 heteroatoms. The number of rotatable bonds is 4. The van der Waals surface area contributed by atoms with Crippen LogP contribution in [0.1, 0.15) is 29.6 Å². The molecule has 20 heavy (non-hydrogen) atoms. The fraction of sp³-hybridized carbons (Fsp3) is 0.429. The Labute approximate surface area is 122 Å². The molecule has 1 fully saturated rings. The molecule has 0 bridgehead atoms. The molecule has 0 aliphatic carbocycles. The van der Waals surface area contributed by atoms with Gasteiger partial charge in [-0.1, -0.05) is 11.6 Å². The summed E-state index contributed by atoms with van der Waals surface area (Å²) in [5.74, 6) is -0.786. The molecule has 1 amide bonds. The Morgan fingerprint density at radius 3 is 2.65 bits per heavy atom. The Kier molecular flexibility index (Phi) is 4.98. The van der Waals surface area contributed by atoms with Crippen LogP contribution in [-0.4, -0.2) is 30.1 Å². The summed E-state index contributed by atoms with van der Waals surface area (Å²) in [6.45, 7) is 1.89. The third kappa shape index (κ3) is 4.21. The van der Waals surface area contributed by atoms with Crippen molar-refractivity contribution in [1.29, 1.82) is 0 Å². The molecule has 1 heterocycles. The van der Waals surface area contributed by atoms with E-state index in [1.54, 1.807) is 6.07 Å². The number of carbonyl (C=O) groups is 2. The molecule has 5 nitrogen and oxygen atoms in total. The molecular formula is C14H17ClN2O3. The summed E-state index contributed by atoms with van der Waals surface area (Å²) in [4.78, 5) is 22.9. The van der Waals surface area contributed by atoms with E-state index in [1.165, 1.54) is 12.1 Å². The van der Waals surface area contributed by atoms with Gasteiger partial charge < -0.3 is 15.7 Å². The topological polar surface area (TPSA) is 78.4 Å². The van der Waals surface area contributed by atoms with Gasteiger partial charge in [-0.2, -0.15) is 0 Å². The van der Waals surface area contributed by atoms with Gasteiger partial charge in [0.25, 0.3) is 0 Å². The van der Waals surface area contributed by atoms with Crippen molar-refractivity contribution < 1.29 is 14.7 Å². The van der Waals surface area contributed by atoms with E-state index in [2.05, 4.69) is 10.6 Å². The first-order valence-corrected chi connectivity index (χ1v) is 6.97. The van der Waals surface area contributed by atoms with Crippen LogP contribution in [0.15, 0.2) is 18.2 Å². The first-order valence-electron chi connectivity index (χ1n) is 6.59. The lowest BCUT2D eigenvalue weighted by Crippen LogP contribution is -2.30. The molecule has 1 aliphatic heterocycles. The number of amides is 1. The summed E-state index contributed by atoms with van der Waals surface area (Å²) in [5, 5.41) is 15.2. The lowest BCUT2D eigenvalue weighted by Gasteiger charge is -2.21. The van der Waals surface area contributed by atoms with Crippen LogP contribution in [0.25, 0.3) is 0 Å². The molecule has 1 aromatic rings. The zero-order valence-electron chi connectivity index (χ0n) is 11.0. The lowest BCUT2D eigenvalue weighted by molar-refractivity contribution is -0.117. The number of carboxylic acid groups (broad SMARTS) is 1. The summed E-state index contributed by atoms with van der Waals surface area (Å²) >= 11 is 5.85. The third-order valence-electron chi connectivity index (χ3n) is 3.36. The van der Waals surface area contributed by atoms with Gasteiger partial charge in [0.1, 0.15) is 0 Å². The zero-order valence-corrected chi connectivity index (χ0v) is 11.7. The van der Waals surface area contributed by atoms with Crippen molar-refractivity contribution in [2.45, 2.75) is 19.3 Å². The molecule has 108 valence electrons. The molecule has 3 N–H and O–H groups in total. The smallest absolute Gasteiger partial charge is 0.335 e. The first kappa shape index (κ1) is 14.8. The monoisotopic (exact) mass is 296 g/mol. The van der Waals surface area contributed by atoms with Gasteiger partial charge in [0.2, 0.25) is 5.91 Å². The number of carboxylic acids is 1. The summed E-state index contributed by atoms with van der Waals surface area (Å²) < 4.78 is 0. The molecule has 0 unspecified atom stereocenters. The van der Waals surface area contributed by atoms with E-state index in [1.807, 2.05) is 0 Å². The van der Waals surface area contributed by atoms with E-state index >= 15 is 0 Å². The van der Waals surface area contributed by atoms with E-state index in [0.29, 0.717) is 23.0 Å².